The minimum absolute atomic E-state index is 0.0749. The molecule has 86 valence electrons. The number of carbonyl (C=O) groups is 1. The molecule has 0 aliphatic carbocycles. The summed E-state index contributed by atoms with van der Waals surface area (Å²) in [6.45, 7) is 6.50. The van der Waals surface area contributed by atoms with Gasteiger partial charge in [-0.05, 0) is 32.0 Å². The smallest absolute Gasteiger partial charge is 0.224 e. The fourth-order valence-electron chi connectivity index (χ4n) is 2.15. The third-order valence-corrected chi connectivity index (χ3v) is 3.33. The van der Waals surface area contributed by atoms with Crippen LogP contribution in [0.2, 0.25) is 0 Å². The van der Waals surface area contributed by atoms with Crippen LogP contribution in [0.5, 0.6) is 0 Å². The fourth-order valence-corrected chi connectivity index (χ4v) is 2.50. The lowest BCUT2D eigenvalue weighted by Crippen LogP contribution is -2.54. The SMILES string of the molecule is CC(=O)N1c2cc(Br)ccc2NCC1(C)C. The van der Waals surface area contributed by atoms with Gasteiger partial charge in [0.1, 0.15) is 0 Å². The molecule has 2 rings (SSSR count). The second kappa shape index (κ2) is 3.77. The summed E-state index contributed by atoms with van der Waals surface area (Å²) in [5, 5.41) is 3.35. The molecule has 1 N–H and O–H groups in total. The zero-order chi connectivity index (χ0) is 11.9. The van der Waals surface area contributed by atoms with Gasteiger partial charge in [0, 0.05) is 17.9 Å². The lowest BCUT2D eigenvalue weighted by Gasteiger charge is -2.43. The van der Waals surface area contributed by atoms with E-state index >= 15 is 0 Å². The molecule has 1 heterocycles. The van der Waals surface area contributed by atoms with Gasteiger partial charge in [0.25, 0.3) is 0 Å². The predicted octanol–water partition coefficient (Wildman–Crippen LogP) is 3.01. The molecule has 1 aliphatic rings. The molecule has 4 heteroatoms. The van der Waals surface area contributed by atoms with Crippen LogP contribution in [0.1, 0.15) is 20.8 Å². The number of halogens is 1. The molecule has 0 saturated heterocycles. The monoisotopic (exact) mass is 282 g/mol. The molecule has 0 radical (unpaired) electrons. The van der Waals surface area contributed by atoms with Crippen LogP contribution in [0, 0.1) is 0 Å². The third kappa shape index (κ3) is 1.82. The Morgan fingerprint density at radius 3 is 2.81 bits per heavy atom. The quantitative estimate of drug-likeness (QED) is 0.793. The molecular formula is C12H15BrN2O. The molecule has 16 heavy (non-hydrogen) atoms. The first-order chi connectivity index (χ1) is 7.42. The highest BCUT2D eigenvalue weighted by Gasteiger charge is 2.35. The topological polar surface area (TPSA) is 32.3 Å². The number of fused-ring (bicyclic) bond motifs is 1. The number of amides is 1. The van der Waals surface area contributed by atoms with E-state index in [1.54, 1.807) is 6.92 Å². The van der Waals surface area contributed by atoms with Gasteiger partial charge in [-0.15, -0.1) is 0 Å². The van der Waals surface area contributed by atoms with E-state index in [2.05, 4.69) is 35.1 Å². The maximum absolute atomic E-state index is 11.8. The summed E-state index contributed by atoms with van der Waals surface area (Å²) < 4.78 is 0.983. The van der Waals surface area contributed by atoms with Crippen LogP contribution in [0.4, 0.5) is 11.4 Å². The largest absolute Gasteiger partial charge is 0.381 e. The van der Waals surface area contributed by atoms with Gasteiger partial charge in [0.2, 0.25) is 5.91 Å². The second-order valence-electron chi connectivity index (χ2n) is 4.68. The number of rotatable bonds is 0. The van der Waals surface area contributed by atoms with E-state index in [1.165, 1.54) is 0 Å². The number of hydrogen-bond acceptors (Lipinski definition) is 2. The van der Waals surface area contributed by atoms with E-state index in [-0.39, 0.29) is 11.4 Å². The Balaban J connectivity index is 2.57. The van der Waals surface area contributed by atoms with E-state index in [0.717, 1.165) is 22.4 Å². The summed E-state index contributed by atoms with van der Waals surface area (Å²) in [5.74, 6) is 0.0749. The van der Waals surface area contributed by atoms with E-state index in [9.17, 15) is 4.79 Å². The Labute approximate surface area is 104 Å². The molecule has 1 amide bonds. The number of hydrogen-bond donors (Lipinski definition) is 1. The molecule has 0 bridgehead atoms. The second-order valence-corrected chi connectivity index (χ2v) is 5.60. The average Bonchev–Trinajstić information content (AvgIpc) is 2.15. The lowest BCUT2D eigenvalue weighted by molar-refractivity contribution is -0.117. The lowest BCUT2D eigenvalue weighted by atomic mass is 9.97. The Morgan fingerprint density at radius 1 is 1.50 bits per heavy atom. The van der Waals surface area contributed by atoms with Crippen LogP contribution in [0.15, 0.2) is 22.7 Å². The third-order valence-electron chi connectivity index (χ3n) is 2.83. The van der Waals surface area contributed by atoms with Gasteiger partial charge in [0.15, 0.2) is 0 Å². The van der Waals surface area contributed by atoms with E-state index < -0.39 is 0 Å². The maximum Gasteiger partial charge on any atom is 0.224 e. The molecule has 0 unspecified atom stereocenters. The zero-order valence-electron chi connectivity index (χ0n) is 9.67. The van der Waals surface area contributed by atoms with Crippen LogP contribution < -0.4 is 10.2 Å². The van der Waals surface area contributed by atoms with Crippen molar-refractivity contribution in [2.45, 2.75) is 26.3 Å². The van der Waals surface area contributed by atoms with Crippen molar-refractivity contribution in [3.05, 3.63) is 22.7 Å². The van der Waals surface area contributed by atoms with E-state index in [0.29, 0.717) is 0 Å². The standard InChI is InChI=1S/C12H15BrN2O/c1-8(16)15-11-6-9(13)4-5-10(11)14-7-12(15,2)3/h4-6,14H,7H2,1-3H3. The Hall–Kier alpha value is -1.03. The van der Waals surface area contributed by atoms with Crippen molar-refractivity contribution in [2.75, 3.05) is 16.8 Å². The highest BCUT2D eigenvalue weighted by molar-refractivity contribution is 9.10. The van der Waals surface area contributed by atoms with Crippen LogP contribution in [-0.2, 0) is 4.79 Å². The molecule has 0 aromatic heterocycles. The van der Waals surface area contributed by atoms with Crippen molar-refractivity contribution < 1.29 is 4.79 Å². The molecule has 0 spiro atoms. The number of anilines is 2. The van der Waals surface area contributed by atoms with E-state index in [1.807, 2.05) is 23.1 Å². The highest BCUT2D eigenvalue weighted by atomic mass is 79.9. The molecule has 0 fully saturated rings. The number of nitrogens with one attached hydrogen (secondary N) is 1. The molecule has 3 nitrogen and oxygen atoms in total. The van der Waals surface area contributed by atoms with Gasteiger partial charge in [0.05, 0.1) is 16.9 Å². The van der Waals surface area contributed by atoms with Crippen molar-refractivity contribution in [2.24, 2.45) is 0 Å². The van der Waals surface area contributed by atoms with Crippen LogP contribution >= 0.6 is 15.9 Å². The van der Waals surface area contributed by atoms with Crippen molar-refractivity contribution in [3.63, 3.8) is 0 Å². The normalized spacial score (nSPS) is 17.6. The van der Waals surface area contributed by atoms with Crippen molar-refractivity contribution in [3.8, 4) is 0 Å². The van der Waals surface area contributed by atoms with Crippen LogP contribution in [0.3, 0.4) is 0 Å². The first kappa shape index (κ1) is 11.5. The summed E-state index contributed by atoms with van der Waals surface area (Å²) in [4.78, 5) is 13.6. The Morgan fingerprint density at radius 2 is 2.19 bits per heavy atom. The first-order valence-electron chi connectivity index (χ1n) is 5.26. The summed E-state index contributed by atoms with van der Waals surface area (Å²) in [6.07, 6.45) is 0. The number of nitrogens with zero attached hydrogens (tertiary/aromatic N) is 1. The first-order valence-corrected chi connectivity index (χ1v) is 6.05. The van der Waals surface area contributed by atoms with Gasteiger partial charge in [-0.3, -0.25) is 4.79 Å². The molecule has 1 aromatic rings. The Kier molecular flexibility index (Phi) is 2.70. The highest BCUT2D eigenvalue weighted by Crippen LogP contribution is 2.37. The van der Waals surface area contributed by atoms with Gasteiger partial charge in [-0.25, -0.2) is 0 Å². The molecular weight excluding hydrogens is 268 g/mol. The minimum atomic E-state index is -0.195. The van der Waals surface area contributed by atoms with Crippen molar-refractivity contribution >= 4 is 33.2 Å². The fraction of sp³-hybridized carbons (Fsp3) is 0.417. The van der Waals surface area contributed by atoms with Crippen molar-refractivity contribution in [1.29, 1.82) is 0 Å². The van der Waals surface area contributed by atoms with Gasteiger partial charge < -0.3 is 10.2 Å². The van der Waals surface area contributed by atoms with Crippen LogP contribution in [-0.4, -0.2) is 18.0 Å². The van der Waals surface area contributed by atoms with E-state index in [4.69, 9.17) is 0 Å². The number of carbonyl (C=O) groups excluding carboxylic acids is 1. The van der Waals surface area contributed by atoms with Gasteiger partial charge >= 0.3 is 0 Å². The summed E-state index contributed by atoms with van der Waals surface area (Å²) >= 11 is 3.44. The van der Waals surface area contributed by atoms with Crippen molar-refractivity contribution in [1.82, 2.24) is 0 Å². The molecule has 0 saturated carbocycles. The average molecular weight is 283 g/mol. The summed E-state index contributed by atoms with van der Waals surface area (Å²) in [6, 6.07) is 5.94. The van der Waals surface area contributed by atoms with Gasteiger partial charge in [-0.2, -0.15) is 0 Å². The van der Waals surface area contributed by atoms with Crippen LogP contribution in [0.25, 0.3) is 0 Å². The zero-order valence-corrected chi connectivity index (χ0v) is 11.3. The maximum atomic E-state index is 11.8. The molecule has 0 atom stereocenters. The predicted molar refractivity (Wildman–Crippen MR) is 69.9 cm³/mol. The number of benzene rings is 1. The van der Waals surface area contributed by atoms with Gasteiger partial charge in [-0.1, -0.05) is 15.9 Å². The molecule has 1 aliphatic heterocycles. The summed E-state index contributed by atoms with van der Waals surface area (Å²) in [5.41, 5.74) is 1.76. The Bertz CT molecular complexity index is 443. The summed E-state index contributed by atoms with van der Waals surface area (Å²) in [7, 11) is 0. The minimum Gasteiger partial charge on any atom is -0.381 e. The molecule has 1 aromatic carbocycles.